The van der Waals surface area contributed by atoms with E-state index in [1.807, 2.05) is 30.5 Å². The summed E-state index contributed by atoms with van der Waals surface area (Å²) in [4.78, 5) is 13.1. The van der Waals surface area contributed by atoms with Gasteiger partial charge in [0.05, 0.1) is 11.4 Å². The molecule has 0 atom stereocenters. The summed E-state index contributed by atoms with van der Waals surface area (Å²) in [7, 11) is -3.17. The van der Waals surface area contributed by atoms with E-state index in [1.54, 1.807) is 42.1 Å². The number of thioether (sulfide) groups is 1. The van der Waals surface area contributed by atoms with Crippen molar-refractivity contribution in [2.24, 2.45) is 0 Å². The van der Waals surface area contributed by atoms with Crippen molar-refractivity contribution in [1.29, 1.82) is 0 Å². The predicted molar refractivity (Wildman–Crippen MR) is 108 cm³/mol. The first-order chi connectivity index (χ1) is 12.5. The van der Waals surface area contributed by atoms with E-state index in [1.165, 1.54) is 10.4 Å². The van der Waals surface area contributed by atoms with Gasteiger partial charge in [0.25, 0.3) is 0 Å². The van der Waals surface area contributed by atoms with Crippen molar-refractivity contribution in [3.05, 3.63) is 60.2 Å². The Kier molecular flexibility index (Phi) is 5.68. The summed E-state index contributed by atoms with van der Waals surface area (Å²) < 4.78 is 25.3. The van der Waals surface area contributed by atoms with Crippen molar-refractivity contribution in [1.82, 2.24) is 0 Å². The van der Waals surface area contributed by atoms with E-state index in [9.17, 15) is 13.2 Å². The molecule has 0 unspecified atom stereocenters. The number of nitrogens with zero attached hydrogens (tertiary/aromatic N) is 1. The van der Waals surface area contributed by atoms with Crippen LogP contribution in [0.4, 0.5) is 11.4 Å². The minimum absolute atomic E-state index is 0.201. The topological polar surface area (TPSA) is 66.5 Å². The monoisotopic (exact) mass is 388 g/mol. The van der Waals surface area contributed by atoms with Crippen molar-refractivity contribution in [2.45, 2.75) is 11.3 Å². The number of anilines is 2. The van der Waals surface area contributed by atoms with Crippen molar-refractivity contribution >= 4 is 45.1 Å². The van der Waals surface area contributed by atoms with Crippen LogP contribution in [0, 0.1) is 0 Å². The molecule has 2 aromatic rings. The summed E-state index contributed by atoms with van der Waals surface area (Å²) >= 11 is 1.62. The Morgan fingerprint density at radius 2 is 1.96 bits per heavy atom. The van der Waals surface area contributed by atoms with Gasteiger partial charge in [-0.15, -0.1) is 11.8 Å². The molecule has 1 amide bonds. The Balaban J connectivity index is 1.64. The van der Waals surface area contributed by atoms with E-state index in [-0.39, 0.29) is 11.7 Å². The van der Waals surface area contributed by atoms with Crippen molar-refractivity contribution in [3.63, 3.8) is 0 Å². The predicted octanol–water partition coefficient (Wildman–Crippen LogP) is 3.60. The molecule has 0 radical (unpaired) electrons. The fraction of sp³-hybridized carbons (Fsp3) is 0.211. The summed E-state index contributed by atoms with van der Waals surface area (Å²) in [5, 5.41) is 2.83. The van der Waals surface area contributed by atoms with Gasteiger partial charge in [0, 0.05) is 23.2 Å². The Labute approximate surface area is 158 Å². The molecular weight excluding hydrogens is 368 g/mol. The number of amides is 1. The molecule has 1 aliphatic heterocycles. The summed E-state index contributed by atoms with van der Waals surface area (Å²) in [6, 6.07) is 14.8. The van der Waals surface area contributed by atoms with E-state index in [0.29, 0.717) is 18.7 Å². The van der Waals surface area contributed by atoms with Gasteiger partial charge in [-0.1, -0.05) is 18.2 Å². The van der Waals surface area contributed by atoms with Gasteiger partial charge in [0.1, 0.15) is 0 Å². The number of benzene rings is 2. The molecule has 1 aliphatic rings. The SMILES string of the molecule is CSc1cccc(NC(=O)/C=C/c2ccc(N3CCCS3(=O)=O)cc2)c1. The molecule has 0 aromatic heterocycles. The van der Waals surface area contributed by atoms with Crippen LogP contribution in [0.3, 0.4) is 0 Å². The average Bonchev–Trinajstić information content (AvgIpc) is 3.00. The third-order valence-corrected chi connectivity index (χ3v) is 6.64. The zero-order valence-electron chi connectivity index (χ0n) is 14.4. The third kappa shape index (κ3) is 4.47. The fourth-order valence-corrected chi connectivity index (χ4v) is 4.76. The standard InChI is InChI=1S/C19H20N2O3S2/c1-25-18-5-2-4-16(14-18)20-19(22)11-8-15-6-9-17(10-7-15)21-12-3-13-26(21,23)24/h2,4-11,14H,3,12-13H2,1H3,(H,20,22)/b11-8+. The number of carbonyl (C=O) groups excluding carboxylic acids is 1. The van der Waals surface area contributed by atoms with Crippen molar-refractivity contribution < 1.29 is 13.2 Å². The highest BCUT2D eigenvalue weighted by Gasteiger charge is 2.28. The summed E-state index contributed by atoms with van der Waals surface area (Å²) in [5.74, 6) is -0.0125. The number of carbonyl (C=O) groups is 1. The minimum Gasteiger partial charge on any atom is -0.322 e. The van der Waals surface area contributed by atoms with E-state index in [0.717, 1.165) is 16.1 Å². The first kappa shape index (κ1) is 18.5. The van der Waals surface area contributed by atoms with Gasteiger partial charge >= 0.3 is 0 Å². The number of nitrogens with one attached hydrogen (secondary N) is 1. The van der Waals surface area contributed by atoms with E-state index < -0.39 is 10.0 Å². The Morgan fingerprint density at radius 3 is 2.62 bits per heavy atom. The second kappa shape index (κ2) is 7.97. The van der Waals surface area contributed by atoms with Gasteiger partial charge in [0.2, 0.25) is 15.9 Å². The van der Waals surface area contributed by atoms with Crippen LogP contribution in [-0.4, -0.2) is 32.9 Å². The highest BCUT2D eigenvalue weighted by atomic mass is 32.2. The van der Waals surface area contributed by atoms with Crippen LogP contribution in [0.1, 0.15) is 12.0 Å². The Hall–Kier alpha value is -2.25. The lowest BCUT2D eigenvalue weighted by molar-refractivity contribution is -0.111. The normalized spacial score (nSPS) is 16.1. The van der Waals surface area contributed by atoms with Crippen LogP contribution in [0.15, 0.2) is 59.5 Å². The summed E-state index contributed by atoms with van der Waals surface area (Å²) in [6.45, 7) is 0.523. The molecule has 7 heteroatoms. The highest BCUT2D eigenvalue weighted by Crippen LogP contribution is 2.24. The first-order valence-corrected chi connectivity index (χ1v) is 11.0. The van der Waals surface area contributed by atoms with Crippen LogP contribution in [0.5, 0.6) is 0 Å². The van der Waals surface area contributed by atoms with Crippen molar-refractivity contribution in [2.75, 3.05) is 28.2 Å². The second-order valence-corrected chi connectivity index (χ2v) is 8.78. The molecule has 26 heavy (non-hydrogen) atoms. The maximum Gasteiger partial charge on any atom is 0.248 e. The Morgan fingerprint density at radius 1 is 1.19 bits per heavy atom. The lowest BCUT2D eigenvalue weighted by atomic mass is 10.2. The second-order valence-electron chi connectivity index (χ2n) is 5.89. The lowest BCUT2D eigenvalue weighted by Gasteiger charge is -2.16. The molecule has 5 nitrogen and oxygen atoms in total. The zero-order chi connectivity index (χ0) is 18.6. The molecule has 1 N–H and O–H groups in total. The van der Waals surface area contributed by atoms with E-state index in [2.05, 4.69) is 5.32 Å². The Bertz CT molecular complexity index is 922. The summed E-state index contributed by atoms with van der Waals surface area (Å²) in [5.41, 5.74) is 2.25. The molecular formula is C19H20N2O3S2. The van der Waals surface area contributed by atoms with Crippen molar-refractivity contribution in [3.8, 4) is 0 Å². The van der Waals surface area contributed by atoms with Crippen LogP contribution < -0.4 is 9.62 Å². The largest absolute Gasteiger partial charge is 0.322 e. The first-order valence-electron chi connectivity index (χ1n) is 8.21. The average molecular weight is 389 g/mol. The number of hydrogen-bond acceptors (Lipinski definition) is 4. The molecule has 0 aliphatic carbocycles. The van der Waals surface area contributed by atoms with Gasteiger partial charge in [-0.3, -0.25) is 9.10 Å². The molecule has 1 saturated heterocycles. The lowest BCUT2D eigenvalue weighted by Crippen LogP contribution is -2.24. The minimum atomic E-state index is -3.17. The molecule has 0 saturated carbocycles. The van der Waals surface area contributed by atoms with Gasteiger partial charge in [0.15, 0.2) is 0 Å². The van der Waals surface area contributed by atoms with Gasteiger partial charge in [-0.25, -0.2) is 8.42 Å². The molecule has 2 aromatic carbocycles. The maximum absolute atomic E-state index is 12.1. The molecule has 3 rings (SSSR count). The number of hydrogen-bond donors (Lipinski definition) is 1. The quantitative estimate of drug-likeness (QED) is 0.628. The smallest absolute Gasteiger partial charge is 0.248 e. The van der Waals surface area contributed by atoms with Gasteiger partial charge < -0.3 is 5.32 Å². The zero-order valence-corrected chi connectivity index (χ0v) is 16.0. The molecule has 0 bridgehead atoms. The molecule has 1 heterocycles. The molecule has 136 valence electrons. The van der Waals surface area contributed by atoms with Crippen LogP contribution >= 0.6 is 11.8 Å². The third-order valence-electron chi connectivity index (χ3n) is 4.04. The van der Waals surface area contributed by atoms with Crippen LogP contribution in [0.2, 0.25) is 0 Å². The molecule has 1 fully saturated rings. The molecule has 0 spiro atoms. The summed E-state index contributed by atoms with van der Waals surface area (Å²) in [6.07, 6.45) is 5.81. The van der Waals surface area contributed by atoms with Gasteiger partial charge in [-0.05, 0) is 54.6 Å². The highest BCUT2D eigenvalue weighted by molar-refractivity contribution is 7.98. The van der Waals surface area contributed by atoms with E-state index >= 15 is 0 Å². The van der Waals surface area contributed by atoms with Crippen LogP contribution in [-0.2, 0) is 14.8 Å². The van der Waals surface area contributed by atoms with Gasteiger partial charge in [-0.2, -0.15) is 0 Å². The van der Waals surface area contributed by atoms with Crippen LogP contribution in [0.25, 0.3) is 6.08 Å². The maximum atomic E-state index is 12.1. The number of sulfonamides is 1. The fourth-order valence-electron chi connectivity index (χ4n) is 2.74. The number of rotatable bonds is 5. The van der Waals surface area contributed by atoms with E-state index in [4.69, 9.17) is 0 Å².